The molecule has 0 aromatic heterocycles. The van der Waals surface area contributed by atoms with Gasteiger partial charge in [-0.3, -0.25) is 0 Å². The van der Waals surface area contributed by atoms with Gasteiger partial charge in [0, 0.05) is 12.5 Å². The lowest BCUT2D eigenvalue weighted by molar-refractivity contribution is 0.0174. The second kappa shape index (κ2) is 7.39. The van der Waals surface area contributed by atoms with Crippen molar-refractivity contribution in [2.24, 2.45) is 0 Å². The number of alkyl halides is 2. The highest BCUT2D eigenvalue weighted by Crippen LogP contribution is 2.31. The molecule has 2 aromatic carbocycles. The molecule has 0 aliphatic heterocycles. The van der Waals surface area contributed by atoms with Gasteiger partial charge in [0.15, 0.2) is 0 Å². The zero-order valence-electron chi connectivity index (χ0n) is 13.1. The van der Waals surface area contributed by atoms with E-state index in [1.165, 1.54) is 12.1 Å². The molecule has 22 heavy (non-hydrogen) atoms. The number of ether oxygens (including phenoxy) is 1. The number of halogens is 2. The van der Waals surface area contributed by atoms with Crippen LogP contribution in [0, 0.1) is 0 Å². The molecule has 1 atom stereocenters. The summed E-state index contributed by atoms with van der Waals surface area (Å²) >= 11 is 0. The van der Waals surface area contributed by atoms with Crippen molar-refractivity contribution >= 4 is 0 Å². The lowest BCUT2D eigenvalue weighted by atomic mass is 10.0. The minimum Gasteiger partial charge on any atom is -0.486 e. The first-order chi connectivity index (χ1) is 10.5. The Kier molecular flexibility index (Phi) is 5.53. The van der Waals surface area contributed by atoms with E-state index in [1.54, 1.807) is 12.1 Å². The Morgan fingerprint density at radius 1 is 1.00 bits per heavy atom. The molecular formula is C19H22F2O. The van der Waals surface area contributed by atoms with E-state index in [4.69, 9.17) is 4.74 Å². The van der Waals surface area contributed by atoms with E-state index in [9.17, 15) is 8.78 Å². The van der Waals surface area contributed by atoms with Crippen LogP contribution in [-0.4, -0.2) is 0 Å². The molecule has 0 aliphatic rings. The average molecular weight is 304 g/mol. The number of hydrogen-bond donors (Lipinski definition) is 0. The standard InChI is InChI=1S/C19H22F2O/c1-3-4-10-18(15-8-6-5-7-9-15)22-17-13-11-16(12-14-17)19(2,20)21/h5-9,11-14,18H,3-4,10H2,1-2H3. The van der Waals surface area contributed by atoms with Crippen LogP contribution in [0.5, 0.6) is 5.75 Å². The quantitative estimate of drug-likeness (QED) is 0.599. The molecule has 0 bridgehead atoms. The van der Waals surface area contributed by atoms with Crippen LogP contribution in [0.25, 0.3) is 0 Å². The fraction of sp³-hybridized carbons (Fsp3) is 0.368. The Bertz CT molecular complexity index is 558. The highest BCUT2D eigenvalue weighted by Gasteiger charge is 2.24. The molecule has 0 radical (unpaired) electrons. The van der Waals surface area contributed by atoms with Crippen LogP contribution in [-0.2, 0) is 5.92 Å². The second-order valence-corrected chi connectivity index (χ2v) is 5.57. The van der Waals surface area contributed by atoms with Crippen LogP contribution in [0.15, 0.2) is 54.6 Å². The van der Waals surface area contributed by atoms with Crippen molar-refractivity contribution in [1.82, 2.24) is 0 Å². The molecule has 0 fully saturated rings. The van der Waals surface area contributed by atoms with Gasteiger partial charge in [0.05, 0.1) is 0 Å². The third kappa shape index (κ3) is 4.55. The van der Waals surface area contributed by atoms with E-state index in [1.807, 2.05) is 30.3 Å². The van der Waals surface area contributed by atoms with E-state index >= 15 is 0 Å². The van der Waals surface area contributed by atoms with Gasteiger partial charge in [-0.1, -0.05) is 43.7 Å². The van der Waals surface area contributed by atoms with Crippen LogP contribution < -0.4 is 4.74 Å². The van der Waals surface area contributed by atoms with E-state index in [0.717, 1.165) is 31.7 Å². The summed E-state index contributed by atoms with van der Waals surface area (Å²) in [5.74, 6) is -2.20. The lowest BCUT2D eigenvalue weighted by Gasteiger charge is -2.20. The van der Waals surface area contributed by atoms with Gasteiger partial charge >= 0.3 is 0 Å². The van der Waals surface area contributed by atoms with Crippen molar-refractivity contribution in [1.29, 1.82) is 0 Å². The summed E-state index contributed by atoms with van der Waals surface area (Å²) in [7, 11) is 0. The molecule has 118 valence electrons. The SMILES string of the molecule is CCCCC(Oc1ccc(C(C)(F)F)cc1)c1ccccc1. The highest BCUT2D eigenvalue weighted by atomic mass is 19.3. The van der Waals surface area contributed by atoms with Gasteiger partial charge in [0.2, 0.25) is 0 Å². The topological polar surface area (TPSA) is 9.23 Å². The third-order valence-electron chi connectivity index (χ3n) is 3.63. The third-order valence-corrected chi connectivity index (χ3v) is 3.63. The average Bonchev–Trinajstić information content (AvgIpc) is 2.52. The maximum absolute atomic E-state index is 13.2. The molecule has 0 saturated carbocycles. The second-order valence-electron chi connectivity index (χ2n) is 5.57. The summed E-state index contributed by atoms with van der Waals surface area (Å²) in [6, 6.07) is 16.1. The van der Waals surface area contributed by atoms with Gasteiger partial charge in [0.25, 0.3) is 5.92 Å². The first-order valence-electron chi connectivity index (χ1n) is 7.70. The van der Waals surface area contributed by atoms with Gasteiger partial charge in [-0.25, -0.2) is 8.78 Å². The molecule has 0 aliphatic carbocycles. The summed E-state index contributed by atoms with van der Waals surface area (Å²) in [5, 5.41) is 0. The molecule has 0 saturated heterocycles. The van der Waals surface area contributed by atoms with Crippen molar-refractivity contribution in [2.75, 3.05) is 0 Å². The summed E-state index contributed by atoms with van der Waals surface area (Å²) in [5.41, 5.74) is 1.12. The molecule has 0 amide bonds. The Morgan fingerprint density at radius 2 is 1.64 bits per heavy atom. The molecular weight excluding hydrogens is 282 g/mol. The summed E-state index contributed by atoms with van der Waals surface area (Å²) in [4.78, 5) is 0. The normalized spacial score (nSPS) is 12.9. The number of rotatable bonds is 7. The van der Waals surface area contributed by atoms with E-state index < -0.39 is 5.92 Å². The maximum atomic E-state index is 13.2. The smallest absolute Gasteiger partial charge is 0.270 e. The van der Waals surface area contributed by atoms with Gasteiger partial charge in [-0.2, -0.15) is 0 Å². The summed E-state index contributed by atoms with van der Waals surface area (Å²) in [6.45, 7) is 3.04. The van der Waals surface area contributed by atoms with Crippen molar-refractivity contribution < 1.29 is 13.5 Å². The van der Waals surface area contributed by atoms with Crippen LogP contribution in [0.3, 0.4) is 0 Å². The van der Waals surface area contributed by atoms with E-state index in [2.05, 4.69) is 6.92 Å². The Hall–Kier alpha value is -1.90. The van der Waals surface area contributed by atoms with Gasteiger partial charge in [-0.15, -0.1) is 0 Å². The Morgan fingerprint density at radius 3 is 2.18 bits per heavy atom. The number of unbranched alkanes of at least 4 members (excludes halogenated alkanes) is 1. The largest absolute Gasteiger partial charge is 0.486 e. The molecule has 2 rings (SSSR count). The molecule has 3 heteroatoms. The van der Waals surface area contributed by atoms with Gasteiger partial charge in [0.1, 0.15) is 11.9 Å². The van der Waals surface area contributed by atoms with E-state index in [0.29, 0.717) is 5.75 Å². The monoisotopic (exact) mass is 304 g/mol. The molecule has 0 heterocycles. The Balaban J connectivity index is 2.13. The van der Waals surface area contributed by atoms with Crippen LogP contribution >= 0.6 is 0 Å². The van der Waals surface area contributed by atoms with Crippen LogP contribution in [0.2, 0.25) is 0 Å². The molecule has 0 N–H and O–H groups in total. The molecule has 1 unspecified atom stereocenters. The number of benzene rings is 2. The lowest BCUT2D eigenvalue weighted by Crippen LogP contribution is -2.09. The predicted molar refractivity (Wildman–Crippen MR) is 85.3 cm³/mol. The summed E-state index contributed by atoms with van der Waals surface area (Å²) < 4.78 is 32.5. The zero-order chi connectivity index (χ0) is 16.0. The first kappa shape index (κ1) is 16.5. The zero-order valence-corrected chi connectivity index (χ0v) is 13.1. The summed E-state index contributed by atoms with van der Waals surface area (Å²) in [6.07, 6.45) is 3.01. The van der Waals surface area contributed by atoms with Crippen LogP contribution in [0.1, 0.15) is 50.3 Å². The first-order valence-corrected chi connectivity index (χ1v) is 7.70. The fourth-order valence-electron chi connectivity index (χ4n) is 2.34. The molecule has 0 spiro atoms. The van der Waals surface area contributed by atoms with Crippen molar-refractivity contribution in [3.8, 4) is 5.75 Å². The van der Waals surface area contributed by atoms with Gasteiger partial charge in [-0.05, 0) is 42.7 Å². The minimum atomic E-state index is -2.82. The Labute approximate surface area is 130 Å². The predicted octanol–water partition coefficient (Wildman–Crippen LogP) is 6.11. The highest BCUT2D eigenvalue weighted by molar-refractivity contribution is 5.30. The molecule has 2 aromatic rings. The maximum Gasteiger partial charge on any atom is 0.270 e. The number of hydrogen-bond acceptors (Lipinski definition) is 1. The van der Waals surface area contributed by atoms with Crippen molar-refractivity contribution in [3.05, 3.63) is 65.7 Å². The van der Waals surface area contributed by atoms with Crippen molar-refractivity contribution in [3.63, 3.8) is 0 Å². The fourth-order valence-corrected chi connectivity index (χ4v) is 2.34. The van der Waals surface area contributed by atoms with Crippen molar-refractivity contribution in [2.45, 2.75) is 45.1 Å². The van der Waals surface area contributed by atoms with E-state index in [-0.39, 0.29) is 11.7 Å². The van der Waals surface area contributed by atoms with Crippen LogP contribution in [0.4, 0.5) is 8.78 Å². The minimum absolute atomic E-state index is 0.00432. The van der Waals surface area contributed by atoms with Gasteiger partial charge < -0.3 is 4.74 Å². The molecule has 1 nitrogen and oxygen atoms in total.